The molecule has 7 N–H and O–H groups in total. The van der Waals surface area contributed by atoms with E-state index in [1.165, 1.54) is 0 Å². The number of hydrogen-bond acceptors (Lipinski definition) is 13. The fourth-order valence-corrected chi connectivity index (χ4v) is 8.86. The van der Waals surface area contributed by atoms with Gasteiger partial charge in [-0.1, -0.05) is 75.1 Å². The van der Waals surface area contributed by atoms with Crippen molar-refractivity contribution < 1.29 is 39.2 Å². The van der Waals surface area contributed by atoms with Crippen molar-refractivity contribution in [3.63, 3.8) is 0 Å². The third-order valence-corrected chi connectivity index (χ3v) is 12.2. The number of ether oxygens (including phenoxy) is 2. The molecule has 1 aliphatic carbocycles. The van der Waals surface area contributed by atoms with Crippen molar-refractivity contribution >= 4 is 17.7 Å². The number of tetrazole rings is 1. The van der Waals surface area contributed by atoms with Crippen LogP contribution in [0.1, 0.15) is 115 Å². The number of aryl methyl sites for hydroxylation is 1. The van der Waals surface area contributed by atoms with Crippen LogP contribution in [-0.2, 0) is 31.1 Å². The number of nitrogens with one attached hydrogen (secondary N) is 4. The van der Waals surface area contributed by atoms with E-state index in [-0.39, 0.29) is 37.8 Å². The van der Waals surface area contributed by atoms with Gasteiger partial charge in [0.15, 0.2) is 5.82 Å². The fraction of sp³-hybridized carbons (Fsp3) is 0.644. The lowest BCUT2D eigenvalue weighted by Gasteiger charge is -2.40. The van der Waals surface area contributed by atoms with Crippen LogP contribution in [0.25, 0.3) is 0 Å². The van der Waals surface area contributed by atoms with E-state index >= 15 is 0 Å². The van der Waals surface area contributed by atoms with Gasteiger partial charge in [-0.2, -0.15) is 0 Å². The van der Waals surface area contributed by atoms with E-state index in [9.17, 15) is 29.7 Å². The highest BCUT2D eigenvalue weighted by Crippen LogP contribution is 2.32. The van der Waals surface area contributed by atoms with E-state index in [0.717, 1.165) is 49.0 Å². The molecule has 1 aromatic heterocycles. The monoisotopic (exact) mass is 862 g/mol. The van der Waals surface area contributed by atoms with Crippen LogP contribution in [0.5, 0.6) is 5.75 Å². The summed E-state index contributed by atoms with van der Waals surface area (Å²) in [5.74, 6) is 0.101. The first-order chi connectivity index (χ1) is 29.8. The van der Waals surface area contributed by atoms with Crippen molar-refractivity contribution in [3.8, 4) is 5.75 Å². The zero-order chi connectivity index (χ0) is 44.2. The molecule has 7 rings (SSSR count). The molecular weight excluding hydrogens is 795 g/mol. The molecule has 9 atom stereocenters. The predicted molar refractivity (Wildman–Crippen MR) is 230 cm³/mol. The molecule has 3 aromatic rings. The Kier molecular flexibility index (Phi) is 16.8. The first kappa shape index (κ1) is 47.0. The highest BCUT2D eigenvalue weighted by molar-refractivity contribution is 5.83. The Morgan fingerprint density at radius 1 is 0.968 bits per heavy atom. The summed E-state index contributed by atoms with van der Waals surface area (Å²) < 4.78 is 13.8. The van der Waals surface area contributed by atoms with E-state index in [1.807, 2.05) is 82.3 Å². The summed E-state index contributed by atoms with van der Waals surface area (Å²) in [4.78, 5) is 43.1. The van der Waals surface area contributed by atoms with Gasteiger partial charge in [-0.3, -0.25) is 24.6 Å². The molecule has 3 aliphatic heterocycles. The molecule has 17 nitrogen and oxygen atoms in total. The minimum atomic E-state index is -1.59. The van der Waals surface area contributed by atoms with Crippen molar-refractivity contribution in [1.29, 1.82) is 0 Å². The summed E-state index contributed by atoms with van der Waals surface area (Å²) in [7, 11) is 0. The second kappa shape index (κ2) is 22.2. The third-order valence-electron chi connectivity index (χ3n) is 12.2. The number of carbonyl (C=O) groups excluding carboxylic acids is 3. The van der Waals surface area contributed by atoms with Gasteiger partial charge in [-0.25, -0.2) is 4.68 Å². The second-order valence-corrected chi connectivity index (χ2v) is 17.9. The van der Waals surface area contributed by atoms with Crippen LogP contribution in [0, 0.1) is 5.92 Å². The van der Waals surface area contributed by atoms with Crippen LogP contribution in [0.3, 0.4) is 0 Å². The van der Waals surface area contributed by atoms with Crippen LogP contribution in [0.15, 0.2) is 54.6 Å². The molecular formula is C45H67N9O8. The quantitative estimate of drug-likeness (QED) is 0.123. The van der Waals surface area contributed by atoms with Gasteiger partial charge in [0.05, 0.1) is 49.5 Å². The molecule has 3 amide bonds. The van der Waals surface area contributed by atoms with Crippen LogP contribution in [-0.4, -0.2) is 127 Å². The molecule has 1 saturated carbocycles. The SMILES string of the molecule is CCCC(NC(=O)[C@@H]1C[C@@H]2CN1[C@@H](O)[C@H](C1CCCCC1)NC(=O)CCc1ccc(cc1)OCCCO2)C(O)[C@H](O)NCC(=O)NC(c1ccccc1)c1nnnn1C(C)(C)C. The van der Waals surface area contributed by atoms with E-state index < -0.39 is 66.2 Å². The Hall–Kier alpha value is -4.52. The molecule has 62 heavy (non-hydrogen) atoms. The number of fused-ring (bicyclic) bond motifs is 11. The van der Waals surface area contributed by atoms with Gasteiger partial charge in [0.2, 0.25) is 17.7 Å². The number of amides is 3. The van der Waals surface area contributed by atoms with Gasteiger partial charge in [-0.05, 0) is 92.5 Å². The number of aromatic nitrogens is 4. The zero-order valence-electron chi connectivity index (χ0n) is 36.6. The summed E-state index contributed by atoms with van der Waals surface area (Å²) >= 11 is 0. The van der Waals surface area contributed by atoms with E-state index in [2.05, 4.69) is 36.8 Å². The Morgan fingerprint density at radius 3 is 2.42 bits per heavy atom. The van der Waals surface area contributed by atoms with Crippen molar-refractivity contribution in [2.24, 2.45) is 5.92 Å². The summed E-state index contributed by atoms with van der Waals surface area (Å²) in [6, 6.07) is 13.9. The Labute approximate surface area is 364 Å². The predicted octanol–water partition coefficient (Wildman–Crippen LogP) is 2.45. The van der Waals surface area contributed by atoms with Crippen molar-refractivity contribution in [2.75, 3.05) is 26.3 Å². The molecule has 2 aromatic carbocycles. The molecule has 4 bridgehead atoms. The lowest BCUT2D eigenvalue weighted by molar-refractivity contribution is -0.136. The van der Waals surface area contributed by atoms with Gasteiger partial charge < -0.3 is 40.7 Å². The number of aliphatic hydroxyl groups excluding tert-OH is 3. The molecule has 4 heterocycles. The third kappa shape index (κ3) is 12.6. The summed E-state index contributed by atoms with van der Waals surface area (Å²) in [5, 5.41) is 59.0. The summed E-state index contributed by atoms with van der Waals surface area (Å²) in [6.45, 7) is 8.47. The van der Waals surface area contributed by atoms with Crippen molar-refractivity contribution in [1.82, 2.24) is 46.4 Å². The van der Waals surface area contributed by atoms with Gasteiger partial charge in [0, 0.05) is 19.4 Å². The van der Waals surface area contributed by atoms with Gasteiger partial charge in [0.25, 0.3) is 0 Å². The van der Waals surface area contributed by atoms with Crippen LogP contribution in [0.4, 0.5) is 0 Å². The number of benzene rings is 2. The number of nitrogens with zero attached hydrogens (tertiary/aromatic N) is 5. The fourth-order valence-electron chi connectivity index (χ4n) is 8.86. The molecule has 1 saturated heterocycles. The maximum absolute atomic E-state index is 14.4. The molecule has 0 radical (unpaired) electrons. The first-order valence-corrected chi connectivity index (χ1v) is 22.4. The zero-order valence-corrected chi connectivity index (χ0v) is 36.6. The number of carbonyl (C=O) groups is 3. The lowest BCUT2D eigenvalue weighted by atomic mass is 9.82. The van der Waals surface area contributed by atoms with Gasteiger partial charge >= 0.3 is 0 Å². The Bertz CT molecular complexity index is 1870. The molecule has 17 heteroatoms. The minimum Gasteiger partial charge on any atom is -0.494 e. The van der Waals surface area contributed by atoms with E-state index in [0.29, 0.717) is 44.7 Å². The molecule has 4 aliphatic rings. The van der Waals surface area contributed by atoms with Gasteiger partial charge in [0.1, 0.15) is 30.4 Å². The standard InChI is InChI=1S/C45H67N9O8/c1-5-13-34(40(57)43(59)46-27-37(56)49-38(30-14-8-6-9-15-30)41-50-51-52-54(41)45(2,3)4)47-42(58)35-26-33-28-53(35)44(60)39(31-16-10-7-11-17-31)48-36(55)23-20-29-18-21-32(22-19-29)61-24-12-25-62-33/h6,8-9,14-15,18-19,21-22,31,33-35,38-40,43-44,46,57,59-60H,5,7,10-13,16-17,20,23-28H2,1-4H3,(H,47,58)(H,48,55)(H,49,56)/t33-,34?,35+,38?,39+,40?,43+,44+/m1/s1. The van der Waals surface area contributed by atoms with Crippen LogP contribution in [0.2, 0.25) is 0 Å². The summed E-state index contributed by atoms with van der Waals surface area (Å²) in [5.41, 5.74) is 1.28. The van der Waals surface area contributed by atoms with Crippen molar-refractivity contribution in [2.45, 2.75) is 153 Å². The lowest BCUT2D eigenvalue weighted by Crippen LogP contribution is -2.61. The topological polar surface area (TPSA) is 225 Å². The maximum Gasteiger partial charge on any atom is 0.237 e. The largest absolute Gasteiger partial charge is 0.494 e. The summed E-state index contributed by atoms with van der Waals surface area (Å²) in [6.07, 6.45) is 2.68. The van der Waals surface area contributed by atoms with Crippen molar-refractivity contribution in [3.05, 3.63) is 71.5 Å². The molecule has 0 spiro atoms. The Balaban J connectivity index is 1.14. The maximum atomic E-state index is 14.4. The first-order valence-electron chi connectivity index (χ1n) is 22.4. The van der Waals surface area contributed by atoms with Crippen LogP contribution < -0.4 is 26.0 Å². The second-order valence-electron chi connectivity index (χ2n) is 17.9. The van der Waals surface area contributed by atoms with Gasteiger partial charge in [-0.15, -0.1) is 5.10 Å². The smallest absolute Gasteiger partial charge is 0.237 e. The highest BCUT2D eigenvalue weighted by atomic mass is 16.5. The van der Waals surface area contributed by atoms with E-state index in [4.69, 9.17) is 9.47 Å². The normalized spacial score (nSPS) is 25.0. The highest BCUT2D eigenvalue weighted by Gasteiger charge is 2.46. The molecule has 340 valence electrons. The molecule has 4 unspecified atom stereocenters. The Morgan fingerprint density at radius 2 is 1.71 bits per heavy atom. The molecule has 2 fully saturated rings. The van der Waals surface area contributed by atoms with Crippen LogP contribution >= 0.6 is 0 Å². The average molecular weight is 862 g/mol. The van der Waals surface area contributed by atoms with E-state index in [1.54, 1.807) is 9.58 Å². The number of hydrogen-bond donors (Lipinski definition) is 7. The number of aliphatic hydroxyl groups is 3. The minimum absolute atomic E-state index is 0.0260. The number of rotatable bonds is 13. The average Bonchev–Trinajstić information content (AvgIpc) is 3.95.